The van der Waals surface area contributed by atoms with E-state index in [1.54, 1.807) is 6.07 Å². The maximum Gasteiger partial charge on any atom is 0.356 e. The Labute approximate surface area is 94.3 Å². The third-order valence-corrected chi connectivity index (χ3v) is 1.83. The van der Waals surface area contributed by atoms with Gasteiger partial charge in [0.25, 0.3) is 0 Å². The van der Waals surface area contributed by atoms with Gasteiger partial charge in [-0.15, -0.1) is 0 Å². The second kappa shape index (κ2) is 8.62. The van der Waals surface area contributed by atoms with Gasteiger partial charge in [-0.05, 0) is 12.8 Å². The highest BCUT2D eigenvalue weighted by molar-refractivity contribution is 5.99. The molecule has 0 aliphatic rings. The van der Waals surface area contributed by atoms with Gasteiger partial charge in [0.15, 0.2) is 0 Å². The van der Waals surface area contributed by atoms with Crippen molar-refractivity contribution in [3.63, 3.8) is 0 Å². The smallest absolute Gasteiger partial charge is 0.356 e. The summed E-state index contributed by atoms with van der Waals surface area (Å²) in [5, 5.41) is 17.0. The highest BCUT2D eigenvalue weighted by atomic mass is 16.6. The van der Waals surface area contributed by atoms with Crippen molar-refractivity contribution in [3.8, 4) is 6.07 Å². The van der Waals surface area contributed by atoms with Crippen LogP contribution in [0.3, 0.4) is 0 Å². The van der Waals surface area contributed by atoms with Crippen molar-refractivity contribution in [2.45, 2.75) is 32.6 Å². The van der Waals surface area contributed by atoms with Crippen molar-refractivity contribution in [2.24, 2.45) is 0 Å². The van der Waals surface area contributed by atoms with Gasteiger partial charge in [0.05, 0.1) is 0 Å². The van der Waals surface area contributed by atoms with E-state index in [-0.39, 0.29) is 5.57 Å². The number of hydrogen-bond acceptors (Lipinski definition) is 5. The molecule has 5 heteroatoms. The third-order valence-electron chi connectivity index (χ3n) is 1.83. The molecule has 0 aliphatic carbocycles. The first-order valence-corrected chi connectivity index (χ1v) is 5.11. The van der Waals surface area contributed by atoms with Crippen molar-refractivity contribution in [3.05, 3.63) is 11.6 Å². The van der Waals surface area contributed by atoms with E-state index < -0.39 is 18.5 Å². The van der Waals surface area contributed by atoms with E-state index in [0.717, 1.165) is 19.3 Å². The molecule has 0 bridgehead atoms. The number of aliphatic hydroxyl groups excluding tert-OH is 1. The van der Waals surface area contributed by atoms with Crippen molar-refractivity contribution in [1.82, 2.24) is 0 Å². The number of ether oxygens (including phenoxy) is 1. The summed E-state index contributed by atoms with van der Waals surface area (Å²) in [4.78, 5) is 21.8. The van der Waals surface area contributed by atoms with E-state index >= 15 is 0 Å². The summed E-state index contributed by atoms with van der Waals surface area (Å²) in [5.74, 6) is -2.06. The molecule has 0 heterocycles. The molecular formula is C11H15NO4. The van der Waals surface area contributed by atoms with Gasteiger partial charge in [0.1, 0.15) is 18.2 Å². The van der Waals surface area contributed by atoms with E-state index in [4.69, 9.17) is 10.4 Å². The van der Waals surface area contributed by atoms with Gasteiger partial charge < -0.3 is 9.84 Å². The van der Waals surface area contributed by atoms with Gasteiger partial charge in [0.2, 0.25) is 0 Å². The molecule has 0 amide bonds. The minimum Gasteiger partial charge on any atom is -0.387 e. The molecule has 0 aromatic heterocycles. The fourth-order valence-corrected chi connectivity index (χ4v) is 1.01. The Bertz CT molecular complexity index is 314. The monoisotopic (exact) mass is 225 g/mol. The lowest BCUT2D eigenvalue weighted by molar-refractivity contribution is -0.158. The molecule has 0 fully saturated rings. The van der Waals surface area contributed by atoms with E-state index in [1.807, 2.05) is 6.92 Å². The lowest BCUT2D eigenvalue weighted by Gasteiger charge is -1.99. The Kier molecular flexibility index (Phi) is 7.72. The number of esters is 2. The number of unbranched alkanes of at least 4 members (excludes halogenated alkanes) is 3. The number of nitriles is 1. The lowest BCUT2D eigenvalue weighted by Crippen LogP contribution is -2.16. The topological polar surface area (TPSA) is 87.4 Å². The van der Waals surface area contributed by atoms with E-state index in [0.29, 0.717) is 6.42 Å². The average Bonchev–Trinajstić information content (AvgIpc) is 2.28. The SMILES string of the molecule is CCCCCC=C(C#N)C(=O)OC(=O)CO. The molecule has 5 nitrogen and oxygen atoms in total. The fraction of sp³-hybridized carbons (Fsp3) is 0.545. The third kappa shape index (κ3) is 5.94. The van der Waals surface area contributed by atoms with Crippen LogP contribution in [0.1, 0.15) is 32.6 Å². The molecule has 0 aliphatic heterocycles. The molecule has 0 saturated carbocycles. The molecule has 0 radical (unpaired) electrons. The normalized spacial score (nSPS) is 10.7. The quantitative estimate of drug-likeness (QED) is 0.240. The van der Waals surface area contributed by atoms with Crippen LogP contribution in [0.25, 0.3) is 0 Å². The Morgan fingerprint density at radius 2 is 2.12 bits per heavy atom. The van der Waals surface area contributed by atoms with Crippen LogP contribution in [0.15, 0.2) is 11.6 Å². The van der Waals surface area contributed by atoms with Gasteiger partial charge in [-0.1, -0.05) is 25.8 Å². The van der Waals surface area contributed by atoms with E-state index in [2.05, 4.69) is 4.74 Å². The van der Waals surface area contributed by atoms with Crippen molar-refractivity contribution in [1.29, 1.82) is 5.26 Å². The largest absolute Gasteiger partial charge is 0.387 e. The van der Waals surface area contributed by atoms with Crippen molar-refractivity contribution in [2.75, 3.05) is 6.61 Å². The predicted octanol–water partition coefficient (Wildman–Crippen LogP) is 1.08. The molecule has 16 heavy (non-hydrogen) atoms. The van der Waals surface area contributed by atoms with Gasteiger partial charge in [0, 0.05) is 0 Å². The average molecular weight is 225 g/mol. The van der Waals surface area contributed by atoms with Crippen LogP contribution < -0.4 is 0 Å². The Hall–Kier alpha value is -1.67. The maximum atomic E-state index is 11.2. The number of carbonyl (C=O) groups excluding carboxylic acids is 2. The Morgan fingerprint density at radius 1 is 1.44 bits per heavy atom. The first-order chi connectivity index (χ1) is 7.65. The van der Waals surface area contributed by atoms with Gasteiger partial charge in [-0.2, -0.15) is 5.26 Å². The van der Waals surface area contributed by atoms with Gasteiger partial charge >= 0.3 is 11.9 Å². The van der Waals surface area contributed by atoms with Crippen LogP contribution in [-0.4, -0.2) is 23.7 Å². The van der Waals surface area contributed by atoms with Crippen LogP contribution in [0.4, 0.5) is 0 Å². The molecule has 0 rings (SSSR count). The number of allylic oxidation sites excluding steroid dienone is 1. The van der Waals surface area contributed by atoms with E-state index in [9.17, 15) is 9.59 Å². The zero-order valence-electron chi connectivity index (χ0n) is 9.23. The number of aliphatic hydroxyl groups is 1. The van der Waals surface area contributed by atoms with E-state index in [1.165, 1.54) is 6.08 Å². The first-order valence-electron chi connectivity index (χ1n) is 5.11. The van der Waals surface area contributed by atoms with Crippen LogP contribution in [-0.2, 0) is 14.3 Å². The summed E-state index contributed by atoms with van der Waals surface area (Å²) in [5.41, 5.74) is -0.196. The number of hydrogen-bond donors (Lipinski definition) is 1. The van der Waals surface area contributed by atoms with Crippen LogP contribution in [0.2, 0.25) is 0 Å². The zero-order chi connectivity index (χ0) is 12.4. The molecule has 0 spiro atoms. The predicted molar refractivity (Wildman–Crippen MR) is 56.0 cm³/mol. The Morgan fingerprint density at radius 3 is 2.62 bits per heavy atom. The summed E-state index contributed by atoms with van der Waals surface area (Å²) in [7, 11) is 0. The molecular weight excluding hydrogens is 210 g/mol. The number of carbonyl (C=O) groups is 2. The molecule has 0 atom stereocenters. The van der Waals surface area contributed by atoms with Crippen LogP contribution >= 0.6 is 0 Å². The standard InChI is InChI=1S/C11H15NO4/c1-2-3-4-5-6-9(7-12)11(15)16-10(14)8-13/h6,13H,2-5,8H2,1H3. The zero-order valence-corrected chi connectivity index (χ0v) is 9.23. The van der Waals surface area contributed by atoms with Crippen LogP contribution in [0.5, 0.6) is 0 Å². The molecule has 0 unspecified atom stereocenters. The van der Waals surface area contributed by atoms with Gasteiger partial charge in [-0.3, -0.25) is 0 Å². The lowest BCUT2D eigenvalue weighted by atomic mass is 10.1. The second-order valence-electron chi connectivity index (χ2n) is 3.15. The molecule has 1 N–H and O–H groups in total. The van der Waals surface area contributed by atoms with Gasteiger partial charge in [-0.25, -0.2) is 9.59 Å². The number of rotatable bonds is 6. The summed E-state index contributed by atoms with van der Waals surface area (Å²) in [6.07, 6.45) is 4.98. The summed E-state index contributed by atoms with van der Waals surface area (Å²) < 4.78 is 4.19. The summed E-state index contributed by atoms with van der Waals surface area (Å²) in [6, 6.07) is 1.66. The molecule has 0 aromatic rings. The highest BCUT2D eigenvalue weighted by Crippen LogP contribution is 2.04. The Balaban J connectivity index is 4.22. The van der Waals surface area contributed by atoms with Crippen molar-refractivity contribution < 1.29 is 19.4 Å². The highest BCUT2D eigenvalue weighted by Gasteiger charge is 2.14. The maximum absolute atomic E-state index is 11.2. The summed E-state index contributed by atoms with van der Waals surface area (Å²) in [6.45, 7) is 1.17. The second-order valence-corrected chi connectivity index (χ2v) is 3.15. The minimum absolute atomic E-state index is 0.196. The first kappa shape index (κ1) is 14.3. The minimum atomic E-state index is -1.06. The van der Waals surface area contributed by atoms with Crippen molar-refractivity contribution >= 4 is 11.9 Å². The molecule has 0 aromatic carbocycles. The molecule has 88 valence electrons. The number of nitrogens with zero attached hydrogens (tertiary/aromatic N) is 1. The van der Waals surface area contributed by atoms with Crippen LogP contribution in [0, 0.1) is 11.3 Å². The summed E-state index contributed by atoms with van der Waals surface area (Å²) >= 11 is 0. The fourth-order valence-electron chi connectivity index (χ4n) is 1.01. The molecule has 0 saturated heterocycles.